The third-order valence-electron chi connectivity index (χ3n) is 2.48. The van der Waals surface area contributed by atoms with Crippen LogP contribution in [-0.2, 0) is 10.0 Å². The molecule has 9 heteroatoms. The molecule has 110 valence electrons. The van der Waals surface area contributed by atoms with Gasteiger partial charge in [0.25, 0.3) is 10.0 Å². The maximum absolute atomic E-state index is 12.2. The van der Waals surface area contributed by atoms with E-state index in [0.717, 1.165) is 0 Å². The van der Waals surface area contributed by atoms with Crippen LogP contribution in [0.25, 0.3) is 0 Å². The molecule has 0 spiro atoms. The molecular formula is C12H9BrClN3O3S. The summed E-state index contributed by atoms with van der Waals surface area (Å²) in [6, 6.07) is 5.47. The highest BCUT2D eigenvalue weighted by atomic mass is 79.9. The molecular weight excluding hydrogens is 382 g/mol. The van der Waals surface area contributed by atoms with Gasteiger partial charge in [-0.1, -0.05) is 11.6 Å². The van der Waals surface area contributed by atoms with Crippen molar-refractivity contribution in [3.05, 3.63) is 51.7 Å². The molecule has 0 fully saturated rings. The fourth-order valence-electron chi connectivity index (χ4n) is 1.53. The number of anilines is 1. The van der Waals surface area contributed by atoms with Crippen molar-refractivity contribution in [3.8, 4) is 0 Å². The minimum absolute atomic E-state index is 0.00743. The standard InChI is InChI=1S/C12H9BrClN3O3S/c13-7-3-9(6-16-5-7)21(19,20)17-8-1-2-10(12(15)18)11(14)4-8/h1-6,17H,(H2,15,18). The highest BCUT2D eigenvalue weighted by Gasteiger charge is 2.16. The van der Waals surface area contributed by atoms with Crippen LogP contribution in [0.2, 0.25) is 5.02 Å². The van der Waals surface area contributed by atoms with E-state index < -0.39 is 15.9 Å². The smallest absolute Gasteiger partial charge is 0.263 e. The molecule has 0 aliphatic rings. The van der Waals surface area contributed by atoms with E-state index in [4.69, 9.17) is 17.3 Å². The van der Waals surface area contributed by atoms with Crippen LogP contribution in [0.15, 0.2) is 46.0 Å². The Morgan fingerprint density at radius 1 is 1.29 bits per heavy atom. The second-order valence-corrected chi connectivity index (χ2v) is 7.01. The fourth-order valence-corrected chi connectivity index (χ4v) is 3.36. The zero-order chi connectivity index (χ0) is 15.6. The van der Waals surface area contributed by atoms with Gasteiger partial charge in [-0.15, -0.1) is 0 Å². The lowest BCUT2D eigenvalue weighted by Crippen LogP contribution is -2.14. The SMILES string of the molecule is NC(=O)c1ccc(NS(=O)(=O)c2cncc(Br)c2)cc1Cl. The Hall–Kier alpha value is -1.64. The number of hydrogen-bond donors (Lipinski definition) is 2. The van der Waals surface area contributed by atoms with Crippen molar-refractivity contribution in [3.63, 3.8) is 0 Å². The fraction of sp³-hybridized carbons (Fsp3) is 0. The Labute approximate surface area is 134 Å². The minimum atomic E-state index is -3.80. The third kappa shape index (κ3) is 3.72. The number of carbonyl (C=O) groups excluding carboxylic acids is 1. The summed E-state index contributed by atoms with van der Waals surface area (Å²) in [7, 11) is -3.80. The van der Waals surface area contributed by atoms with Crippen molar-refractivity contribution in [2.24, 2.45) is 5.73 Å². The van der Waals surface area contributed by atoms with Crippen molar-refractivity contribution >= 4 is 49.1 Å². The van der Waals surface area contributed by atoms with Crippen molar-refractivity contribution in [1.29, 1.82) is 0 Å². The maximum Gasteiger partial charge on any atom is 0.263 e. The van der Waals surface area contributed by atoms with Crippen LogP contribution in [0.3, 0.4) is 0 Å². The molecule has 0 radical (unpaired) electrons. The van der Waals surface area contributed by atoms with Crippen LogP contribution >= 0.6 is 27.5 Å². The van der Waals surface area contributed by atoms with E-state index in [2.05, 4.69) is 25.6 Å². The van der Waals surface area contributed by atoms with Crippen LogP contribution < -0.4 is 10.5 Å². The Balaban J connectivity index is 2.33. The largest absolute Gasteiger partial charge is 0.366 e. The predicted octanol–water partition coefficient (Wildman–Crippen LogP) is 2.40. The number of aromatic nitrogens is 1. The molecule has 21 heavy (non-hydrogen) atoms. The third-order valence-corrected chi connectivity index (χ3v) is 4.57. The zero-order valence-electron chi connectivity index (χ0n) is 10.4. The molecule has 3 N–H and O–H groups in total. The number of hydrogen-bond acceptors (Lipinski definition) is 4. The molecule has 0 saturated heterocycles. The molecule has 1 aromatic heterocycles. The second-order valence-electron chi connectivity index (χ2n) is 4.00. The van der Waals surface area contributed by atoms with Gasteiger partial charge < -0.3 is 5.73 Å². The normalized spacial score (nSPS) is 11.1. The number of benzene rings is 1. The van der Waals surface area contributed by atoms with Gasteiger partial charge in [0, 0.05) is 16.9 Å². The summed E-state index contributed by atoms with van der Waals surface area (Å²) < 4.78 is 27.2. The number of nitrogens with one attached hydrogen (secondary N) is 1. The molecule has 0 aliphatic carbocycles. The number of primary amides is 1. The molecule has 0 bridgehead atoms. The average molecular weight is 391 g/mol. The maximum atomic E-state index is 12.2. The first-order valence-electron chi connectivity index (χ1n) is 5.52. The number of sulfonamides is 1. The molecule has 1 amide bonds. The van der Waals surface area contributed by atoms with Crippen LogP contribution in [0, 0.1) is 0 Å². The van der Waals surface area contributed by atoms with E-state index in [-0.39, 0.29) is 21.2 Å². The molecule has 1 heterocycles. The van der Waals surface area contributed by atoms with Crippen LogP contribution in [-0.4, -0.2) is 19.3 Å². The van der Waals surface area contributed by atoms with Gasteiger partial charge in [0.2, 0.25) is 5.91 Å². The van der Waals surface area contributed by atoms with Crippen molar-refractivity contribution < 1.29 is 13.2 Å². The molecule has 0 saturated carbocycles. The lowest BCUT2D eigenvalue weighted by molar-refractivity contribution is 0.100. The Bertz CT molecular complexity index is 811. The van der Waals surface area contributed by atoms with Crippen LogP contribution in [0.5, 0.6) is 0 Å². The molecule has 0 aliphatic heterocycles. The van der Waals surface area contributed by atoms with Crippen molar-refractivity contribution in [2.45, 2.75) is 4.90 Å². The van der Waals surface area contributed by atoms with E-state index >= 15 is 0 Å². The summed E-state index contributed by atoms with van der Waals surface area (Å²) in [5.74, 6) is -0.689. The lowest BCUT2D eigenvalue weighted by atomic mass is 10.2. The van der Waals surface area contributed by atoms with Crippen molar-refractivity contribution in [1.82, 2.24) is 4.98 Å². The molecule has 0 atom stereocenters. The molecule has 2 aromatic rings. The van der Waals surface area contributed by atoms with E-state index in [1.54, 1.807) is 0 Å². The molecule has 6 nitrogen and oxygen atoms in total. The average Bonchev–Trinajstić information content (AvgIpc) is 2.37. The number of amides is 1. The van der Waals surface area contributed by atoms with E-state index in [0.29, 0.717) is 4.47 Å². The van der Waals surface area contributed by atoms with E-state index in [1.807, 2.05) is 0 Å². The number of pyridine rings is 1. The number of nitrogens with zero attached hydrogens (tertiary/aromatic N) is 1. The van der Waals surface area contributed by atoms with Gasteiger partial charge in [-0.05, 0) is 40.2 Å². The van der Waals surface area contributed by atoms with Gasteiger partial charge >= 0.3 is 0 Å². The van der Waals surface area contributed by atoms with E-state index in [1.165, 1.54) is 36.7 Å². The van der Waals surface area contributed by atoms with Gasteiger partial charge in [-0.3, -0.25) is 14.5 Å². The summed E-state index contributed by atoms with van der Waals surface area (Å²) in [5.41, 5.74) is 5.45. The van der Waals surface area contributed by atoms with Crippen LogP contribution in [0.1, 0.15) is 10.4 Å². The van der Waals surface area contributed by atoms with Crippen molar-refractivity contribution in [2.75, 3.05) is 4.72 Å². The molecule has 1 aromatic carbocycles. The Morgan fingerprint density at radius 3 is 2.57 bits per heavy atom. The van der Waals surface area contributed by atoms with Gasteiger partial charge in [0.05, 0.1) is 16.3 Å². The Morgan fingerprint density at radius 2 is 2.00 bits per heavy atom. The van der Waals surface area contributed by atoms with Gasteiger partial charge in [-0.25, -0.2) is 8.42 Å². The first kappa shape index (κ1) is 15.7. The summed E-state index contributed by atoms with van der Waals surface area (Å²) in [4.78, 5) is 14.8. The predicted molar refractivity (Wildman–Crippen MR) is 82.7 cm³/mol. The summed E-state index contributed by atoms with van der Waals surface area (Å²) in [5, 5.41) is 0.0649. The number of halogens is 2. The molecule has 2 rings (SSSR count). The number of rotatable bonds is 4. The summed E-state index contributed by atoms with van der Waals surface area (Å²) >= 11 is 9.02. The lowest BCUT2D eigenvalue weighted by Gasteiger charge is -2.09. The first-order chi connectivity index (χ1) is 9.79. The summed E-state index contributed by atoms with van der Waals surface area (Å²) in [6.45, 7) is 0. The molecule has 0 unspecified atom stereocenters. The van der Waals surface area contributed by atoms with Gasteiger partial charge in [-0.2, -0.15) is 0 Å². The highest BCUT2D eigenvalue weighted by Crippen LogP contribution is 2.23. The number of carbonyl (C=O) groups is 1. The zero-order valence-corrected chi connectivity index (χ0v) is 13.5. The second kappa shape index (κ2) is 6.00. The highest BCUT2D eigenvalue weighted by molar-refractivity contribution is 9.10. The van der Waals surface area contributed by atoms with Gasteiger partial charge in [0.1, 0.15) is 4.90 Å². The first-order valence-corrected chi connectivity index (χ1v) is 8.18. The van der Waals surface area contributed by atoms with E-state index in [9.17, 15) is 13.2 Å². The topological polar surface area (TPSA) is 102 Å². The monoisotopic (exact) mass is 389 g/mol. The van der Waals surface area contributed by atoms with Gasteiger partial charge in [0.15, 0.2) is 0 Å². The Kier molecular flexibility index (Phi) is 4.50. The minimum Gasteiger partial charge on any atom is -0.366 e. The summed E-state index contributed by atoms with van der Waals surface area (Å²) in [6.07, 6.45) is 2.68. The van der Waals surface area contributed by atoms with Crippen LogP contribution in [0.4, 0.5) is 5.69 Å². The quantitative estimate of drug-likeness (QED) is 0.836. The number of nitrogens with two attached hydrogens (primary N) is 1.